The van der Waals surface area contributed by atoms with Crippen LogP contribution in [0.2, 0.25) is 0 Å². The van der Waals surface area contributed by atoms with Crippen molar-refractivity contribution < 1.29 is 9.47 Å². The van der Waals surface area contributed by atoms with Gasteiger partial charge in [-0.15, -0.1) is 0 Å². The van der Waals surface area contributed by atoms with Crippen molar-refractivity contribution >= 4 is 0 Å². The van der Waals surface area contributed by atoms with E-state index < -0.39 is 0 Å². The summed E-state index contributed by atoms with van der Waals surface area (Å²) in [6.45, 7) is 0.729. The molecule has 2 aliphatic carbocycles. The van der Waals surface area contributed by atoms with Crippen LogP contribution in [0, 0.1) is 11.8 Å². The molecule has 3 aliphatic rings. The summed E-state index contributed by atoms with van der Waals surface area (Å²) in [5.41, 5.74) is 1.27. The monoisotopic (exact) mass is 300 g/mol. The molecule has 1 aromatic rings. The first-order valence-electron chi connectivity index (χ1n) is 9.24. The van der Waals surface area contributed by atoms with E-state index in [4.69, 9.17) is 9.47 Å². The Hall–Kier alpha value is -0.860. The first-order valence-corrected chi connectivity index (χ1v) is 9.24. The summed E-state index contributed by atoms with van der Waals surface area (Å²) in [6.07, 6.45) is 12.1. The highest BCUT2D eigenvalue weighted by atomic mass is 16.7. The van der Waals surface area contributed by atoms with Crippen molar-refractivity contribution in [1.29, 1.82) is 0 Å². The maximum Gasteiger partial charge on any atom is 0.172 e. The topological polar surface area (TPSA) is 18.5 Å². The van der Waals surface area contributed by atoms with E-state index in [0.29, 0.717) is 5.92 Å². The van der Waals surface area contributed by atoms with E-state index in [2.05, 4.69) is 30.3 Å². The van der Waals surface area contributed by atoms with Crippen LogP contribution in [0.25, 0.3) is 0 Å². The molecule has 0 amide bonds. The highest BCUT2D eigenvalue weighted by Crippen LogP contribution is 2.51. The minimum atomic E-state index is -0.277. The van der Waals surface area contributed by atoms with Crippen molar-refractivity contribution in [3.8, 4) is 0 Å². The fourth-order valence-corrected chi connectivity index (χ4v) is 4.96. The molecule has 2 heteroatoms. The number of hydrogen-bond donors (Lipinski definition) is 0. The normalized spacial score (nSPS) is 36.7. The van der Waals surface area contributed by atoms with E-state index in [1.807, 2.05) is 0 Å². The minimum absolute atomic E-state index is 0.130. The molecular formula is C20H28O2. The summed E-state index contributed by atoms with van der Waals surface area (Å²) >= 11 is 0. The van der Waals surface area contributed by atoms with Gasteiger partial charge in [-0.25, -0.2) is 0 Å². The molecule has 120 valence electrons. The van der Waals surface area contributed by atoms with Crippen LogP contribution in [0.1, 0.15) is 69.5 Å². The van der Waals surface area contributed by atoms with E-state index in [1.165, 1.54) is 56.9 Å². The summed E-state index contributed by atoms with van der Waals surface area (Å²) in [5.74, 6) is 1.17. The average Bonchev–Trinajstić information content (AvgIpc) is 3.01. The van der Waals surface area contributed by atoms with E-state index in [-0.39, 0.29) is 11.9 Å². The quantitative estimate of drug-likeness (QED) is 0.743. The largest absolute Gasteiger partial charge is 0.347 e. The lowest BCUT2D eigenvalue weighted by Crippen LogP contribution is -2.46. The molecule has 0 N–H and O–H groups in total. The van der Waals surface area contributed by atoms with Crippen molar-refractivity contribution in [1.82, 2.24) is 0 Å². The maximum absolute atomic E-state index is 6.62. The zero-order valence-corrected chi connectivity index (χ0v) is 13.5. The number of ether oxygens (including phenoxy) is 2. The third-order valence-corrected chi connectivity index (χ3v) is 6.07. The van der Waals surface area contributed by atoms with Gasteiger partial charge in [0.25, 0.3) is 0 Å². The first-order chi connectivity index (χ1) is 10.9. The molecule has 1 aliphatic heterocycles. The van der Waals surface area contributed by atoms with Gasteiger partial charge >= 0.3 is 0 Å². The molecule has 0 radical (unpaired) electrons. The van der Waals surface area contributed by atoms with E-state index in [0.717, 1.165) is 18.9 Å². The molecule has 2 saturated carbocycles. The lowest BCUT2D eigenvalue weighted by Gasteiger charge is -2.45. The summed E-state index contributed by atoms with van der Waals surface area (Å²) in [7, 11) is 0. The van der Waals surface area contributed by atoms with E-state index in [9.17, 15) is 0 Å². The van der Waals surface area contributed by atoms with Crippen LogP contribution >= 0.6 is 0 Å². The van der Waals surface area contributed by atoms with Crippen LogP contribution in [-0.4, -0.2) is 12.4 Å². The van der Waals surface area contributed by atoms with Gasteiger partial charge in [0.15, 0.2) is 5.79 Å². The van der Waals surface area contributed by atoms with Crippen LogP contribution in [0.4, 0.5) is 0 Å². The highest BCUT2D eigenvalue weighted by Gasteiger charge is 2.51. The molecule has 1 saturated heterocycles. The SMILES string of the molecule is c1ccc(C2COC3(CCCCC3C3CCCCC3)O2)cc1. The summed E-state index contributed by atoms with van der Waals surface area (Å²) in [4.78, 5) is 0. The van der Waals surface area contributed by atoms with Gasteiger partial charge in [-0.05, 0) is 37.2 Å². The van der Waals surface area contributed by atoms with Gasteiger partial charge in [0.05, 0.1) is 6.61 Å². The summed E-state index contributed by atoms with van der Waals surface area (Å²) in [6, 6.07) is 10.6. The molecule has 1 heterocycles. The Balaban J connectivity index is 1.53. The van der Waals surface area contributed by atoms with Crippen LogP contribution < -0.4 is 0 Å². The molecule has 22 heavy (non-hydrogen) atoms. The van der Waals surface area contributed by atoms with Gasteiger partial charge in [-0.3, -0.25) is 0 Å². The van der Waals surface area contributed by atoms with Crippen molar-refractivity contribution in [2.45, 2.75) is 69.7 Å². The van der Waals surface area contributed by atoms with Gasteiger partial charge < -0.3 is 9.47 Å². The second-order valence-electron chi connectivity index (χ2n) is 7.39. The van der Waals surface area contributed by atoms with Gasteiger partial charge in [0, 0.05) is 12.3 Å². The predicted molar refractivity (Wildman–Crippen MR) is 87.5 cm³/mol. The Labute approximate surface area is 134 Å². The second-order valence-corrected chi connectivity index (χ2v) is 7.39. The molecule has 0 bridgehead atoms. The Morgan fingerprint density at radius 2 is 1.64 bits per heavy atom. The smallest absolute Gasteiger partial charge is 0.172 e. The maximum atomic E-state index is 6.62. The zero-order valence-electron chi connectivity index (χ0n) is 13.5. The van der Waals surface area contributed by atoms with Gasteiger partial charge in [-0.1, -0.05) is 56.0 Å². The lowest BCUT2D eigenvalue weighted by molar-refractivity contribution is -0.235. The van der Waals surface area contributed by atoms with Crippen molar-refractivity contribution in [3.63, 3.8) is 0 Å². The average molecular weight is 300 g/mol. The van der Waals surface area contributed by atoms with Crippen molar-refractivity contribution in [2.75, 3.05) is 6.61 Å². The summed E-state index contributed by atoms with van der Waals surface area (Å²) < 4.78 is 13.0. The number of rotatable bonds is 2. The molecule has 1 aromatic carbocycles. The number of benzene rings is 1. The van der Waals surface area contributed by atoms with Crippen LogP contribution in [0.5, 0.6) is 0 Å². The van der Waals surface area contributed by atoms with Gasteiger partial charge in [0.1, 0.15) is 6.10 Å². The summed E-state index contributed by atoms with van der Waals surface area (Å²) in [5, 5.41) is 0. The molecule has 0 aromatic heterocycles. The Kier molecular flexibility index (Phi) is 4.23. The lowest BCUT2D eigenvalue weighted by atomic mass is 9.70. The zero-order chi connectivity index (χ0) is 14.8. The van der Waals surface area contributed by atoms with Crippen LogP contribution in [-0.2, 0) is 9.47 Å². The first kappa shape index (κ1) is 14.7. The van der Waals surface area contributed by atoms with Gasteiger partial charge in [-0.2, -0.15) is 0 Å². The van der Waals surface area contributed by atoms with Crippen LogP contribution in [0.3, 0.4) is 0 Å². The molecular weight excluding hydrogens is 272 g/mol. The standard InChI is InChI=1S/C20H28O2/c1-3-9-16(10-4-1)18-13-7-8-14-20(18)21-15-19(22-20)17-11-5-2-6-12-17/h2,5-6,11-12,16,18-19H,1,3-4,7-10,13-15H2. The minimum Gasteiger partial charge on any atom is -0.347 e. The van der Waals surface area contributed by atoms with Crippen molar-refractivity contribution in [2.24, 2.45) is 11.8 Å². The fourth-order valence-electron chi connectivity index (χ4n) is 4.96. The Morgan fingerprint density at radius 1 is 0.864 bits per heavy atom. The van der Waals surface area contributed by atoms with Crippen LogP contribution in [0.15, 0.2) is 30.3 Å². The molecule has 3 atom stereocenters. The molecule has 3 fully saturated rings. The Bertz CT molecular complexity index is 480. The molecule has 4 rings (SSSR count). The Morgan fingerprint density at radius 3 is 2.45 bits per heavy atom. The fraction of sp³-hybridized carbons (Fsp3) is 0.700. The number of hydrogen-bond acceptors (Lipinski definition) is 2. The van der Waals surface area contributed by atoms with E-state index >= 15 is 0 Å². The molecule has 1 spiro atoms. The predicted octanol–water partition coefficient (Wildman–Crippen LogP) is 5.24. The highest BCUT2D eigenvalue weighted by molar-refractivity contribution is 5.18. The van der Waals surface area contributed by atoms with Crippen molar-refractivity contribution in [3.05, 3.63) is 35.9 Å². The third-order valence-electron chi connectivity index (χ3n) is 6.07. The van der Waals surface area contributed by atoms with E-state index in [1.54, 1.807) is 0 Å². The molecule has 2 nitrogen and oxygen atoms in total. The molecule has 3 unspecified atom stereocenters. The van der Waals surface area contributed by atoms with Gasteiger partial charge in [0.2, 0.25) is 0 Å². The third kappa shape index (κ3) is 2.72. The second kappa shape index (κ2) is 6.33.